The maximum absolute atomic E-state index is 11.4. The van der Waals surface area contributed by atoms with Crippen molar-refractivity contribution >= 4 is 5.97 Å². The average Bonchev–Trinajstić information content (AvgIpc) is 2.72. The molecule has 1 fully saturated rings. The summed E-state index contributed by atoms with van der Waals surface area (Å²) in [7, 11) is 0. The highest BCUT2D eigenvalue weighted by atomic mass is 16.5. The molecule has 1 aromatic rings. The monoisotopic (exact) mass is 238 g/mol. The third-order valence-electron chi connectivity index (χ3n) is 3.38. The third-order valence-corrected chi connectivity index (χ3v) is 3.38. The van der Waals surface area contributed by atoms with Gasteiger partial charge in [0.2, 0.25) is 0 Å². The Kier molecular flexibility index (Phi) is 3.42. The Bertz CT molecular complexity index is 392. The lowest BCUT2D eigenvalue weighted by molar-refractivity contribution is 0.0512. The predicted octanol–water partition coefficient (Wildman–Crippen LogP) is 0.653. The van der Waals surface area contributed by atoms with E-state index in [1.807, 2.05) is 0 Å². The van der Waals surface area contributed by atoms with Crippen LogP contribution >= 0.6 is 0 Å². The first-order valence-electron chi connectivity index (χ1n) is 5.97. The van der Waals surface area contributed by atoms with Crippen LogP contribution in [0.2, 0.25) is 0 Å². The van der Waals surface area contributed by atoms with Crippen LogP contribution in [0.1, 0.15) is 42.6 Å². The molecule has 0 unspecified atom stereocenters. The van der Waals surface area contributed by atoms with E-state index in [0.717, 1.165) is 25.1 Å². The van der Waals surface area contributed by atoms with Gasteiger partial charge in [0.1, 0.15) is 5.82 Å². The van der Waals surface area contributed by atoms with Crippen molar-refractivity contribution < 1.29 is 9.53 Å². The molecule has 0 aliphatic heterocycles. The molecule has 1 aliphatic carbocycles. The molecule has 94 valence electrons. The number of H-pyrrole nitrogens is 1. The molecule has 3 N–H and O–H groups in total. The molecule has 0 aromatic carbocycles. The van der Waals surface area contributed by atoms with Crippen molar-refractivity contribution in [2.24, 2.45) is 11.1 Å². The van der Waals surface area contributed by atoms with Crippen LogP contribution in [0.15, 0.2) is 0 Å². The number of aromatic nitrogens is 3. The van der Waals surface area contributed by atoms with Crippen molar-refractivity contribution in [3.63, 3.8) is 0 Å². The molecule has 1 aliphatic rings. The van der Waals surface area contributed by atoms with Gasteiger partial charge in [0.05, 0.1) is 6.61 Å². The Labute approximate surface area is 99.9 Å². The van der Waals surface area contributed by atoms with Gasteiger partial charge in [-0.3, -0.25) is 5.10 Å². The molecule has 6 heteroatoms. The quantitative estimate of drug-likeness (QED) is 0.735. The zero-order chi connectivity index (χ0) is 12.3. The van der Waals surface area contributed by atoms with Crippen LogP contribution in [0.4, 0.5) is 0 Å². The molecule has 1 aromatic heterocycles. The van der Waals surface area contributed by atoms with E-state index in [0.29, 0.717) is 13.2 Å². The normalized spacial score (nSPS) is 17.5. The number of ether oxygens (including phenoxy) is 1. The highest BCUT2D eigenvalue weighted by Gasteiger charge is 2.36. The number of esters is 1. The first kappa shape index (κ1) is 12.0. The topological polar surface area (TPSA) is 93.9 Å². The number of nitrogens with two attached hydrogens (primary N) is 1. The number of nitrogens with zero attached hydrogens (tertiary/aromatic N) is 2. The Morgan fingerprint density at radius 1 is 1.59 bits per heavy atom. The van der Waals surface area contributed by atoms with Gasteiger partial charge < -0.3 is 10.5 Å². The largest absolute Gasteiger partial charge is 0.460 e. The lowest BCUT2D eigenvalue weighted by atomic mass is 9.66. The second-order valence-corrected chi connectivity index (χ2v) is 4.56. The van der Waals surface area contributed by atoms with Gasteiger partial charge in [0.15, 0.2) is 0 Å². The van der Waals surface area contributed by atoms with Gasteiger partial charge in [-0.05, 0) is 31.7 Å². The van der Waals surface area contributed by atoms with Gasteiger partial charge >= 0.3 is 5.97 Å². The first-order chi connectivity index (χ1) is 8.19. The molecule has 0 atom stereocenters. The van der Waals surface area contributed by atoms with Gasteiger partial charge in [-0.1, -0.05) is 6.42 Å². The van der Waals surface area contributed by atoms with Crippen LogP contribution in [0.3, 0.4) is 0 Å². The number of hydrogen-bond acceptors (Lipinski definition) is 5. The molecule has 0 spiro atoms. The fourth-order valence-corrected chi connectivity index (χ4v) is 2.15. The summed E-state index contributed by atoms with van der Waals surface area (Å²) in [5.41, 5.74) is 5.94. The molecule has 17 heavy (non-hydrogen) atoms. The molecule has 0 amide bonds. The fraction of sp³-hybridized carbons (Fsp3) is 0.727. The lowest BCUT2D eigenvalue weighted by Crippen LogP contribution is -2.39. The van der Waals surface area contributed by atoms with Crippen LogP contribution in [0, 0.1) is 5.41 Å². The highest BCUT2D eigenvalue weighted by Crippen LogP contribution is 2.42. The first-order valence-corrected chi connectivity index (χ1v) is 5.97. The molecule has 0 saturated heterocycles. The van der Waals surface area contributed by atoms with Gasteiger partial charge in [-0.2, -0.15) is 0 Å². The van der Waals surface area contributed by atoms with Crippen LogP contribution in [-0.2, 0) is 11.2 Å². The molecule has 1 saturated carbocycles. The number of carbonyl (C=O) groups is 1. The van der Waals surface area contributed by atoms with Crippen LogP contribution in [-0.4, -0.2) is 34.3 Å². The van der Waals surface area contributed by atoms with Crippen molar-refractivity contribution in [1.82, 2.24) is 15.2 Å². The van der Waals surface area contributed by atoms with Crippen molar-refractivity contribution in [3.05, 3.63) is 11.6 Å². The van der Waals surface area contributed by atoms with Crippen LogP contribution in [0.25, 0.3) is 0 Å². The van der Waals surface area contributed by atoms with E-state index in [1.54, 1.807) is 6.92 Å². The van der Waals surface area contributed by atoms with E-state index in [4.69, 9.17) is 10.5 Å². The number of rotatable bonds is 5. The Hall–Kier alpha value is -1.43. The van der Waals surface area contributed by atoms with Gasteiger partial charge in [0, 0.05) is 6.42 Å². The Morgan fingerprint density at radius 2 is 2.35 bits per heavy atom. The van der Waals surface area contributed by atoms with Crippen molar-refractivity contribution in [3.8, 4) is 0 Å². The molecule has 6 nitrogen and oxygen atoms in total. The van der Waals surface area contributed by atoms with Gasteiger partial charge in [-0.15, -0.1) is 5.10 Å². The second-order valence-electron chi connectivity index (χ2n) is 4.56. The maximum atomic E-state index is 11.4. The molecule has 0 radical (unpaired) electrons. The van der Waals surface area contributed by atoms with Crippen LogP contribution in [0.5, 0.6) is 0 Å². The second kappa shape index (κ2) is 4.83. The summed E-state index contributed by atoms with van der Waals surface area (Å²) >= 11 is 0. The Morgan fingerprint density at radius 3 is 2.88 bits per heavy atom. The van der Waals surface area contributed by atoms with E-state index in [2.05, 4.69) is 15.2 Å². The molecular formula is C11H18N4O2. The molecular weight excluding hydrogens is 220 g/mol. The number of hydrogen-bond donors (Lipinski definition) is 2. The summed E-state index contributed by atoms with van der Waals surface area (Å²) in [5.74, 6) is 0.344. The van der Waals surface area contributed by atoms with E-state index in [9.17, 15) is 4.79 Å². The summed E-state index contributed by atoms with van der Waals surface area (Å²) in [6.45, 7) is 2.74. The van der Waals surface area contributed by atoms with Crippen molar-refractivity contribution in [1.29, 1.82) is 0 Å². The zero-order valence-corrected chi connectivity index (χ0v) is 10.0. The molecule has 2 rings (SSSR count). The van der Waals surface area contributed by atoms with Gasteiger partial charge in [0.25, 0.3) is 5.82 Å². The van der Waals surface area contributed by atoms with E-state index in [-0.39, 0.29) is 11.2 Å². The standard InChI is InChI=1S/C11H18N4O2/c1-2-17-10(16)9-13-8(14-15-9)6-11(7-12)4-3-5-11/h2-7,12H2,1H3,(H,13,14,15). The van der Waals surface area contributed by atoms with E-state index in [1.165, 1.54) is 6.42 Å². The van der Waals surface area contributed by atoms with Gasteiger partial charge in [-0.25, -0.2) is 9.78 Å². The minimum absolute atomic E-state index is 0.105. The van der Waals surface area contributed by atoms with Crippen molar-refractivity contribution in [2.75, 3.05) is 13.2 Å². The predicted molar refractivity (Wildman–Crippen MR) is 61.4 cm³/mol. The number of aromatic amines is 1. The fourth-order valence-electron chi connectivity index (χ4n) is 2.15. The molecule has 0 bridgehead atoms. The summed E-state index contributed by atoms with van der Waals surface area (Å²) in [5, 5.41) is 6.65. The zero-order valence-electron chi connectivity index (χ0n) is 10.0. The van der Waals surface area contributed by atoms with Crippen LogP contribution < -0.4 is 5.73 Å². The maximum Gasteiger partial charge on any atom is 0.378 e. The third kappa shape index (κ3) is 2.46. The summed E-state index contributed by atoms with van der Waals surface area (Å²) < 4.78 is 4.83. The summed E-state index contributed by atoms with van der Waals surface area (Å²) in [4.78, 5) is 15.5. The summed E-state index contributed by atoms with van der Waals surface area (Å²) in [6, 6.07) is 0. The lowest BCUT2D eigenvalue weighted by Gasteiger charge is -2.40. The minimum Gasteiger partial charge on any atom is -0.460 e. The SMILES string of the molecule is CCOC(=O)c1n[nH]c(CC2(CN)CCC2)n1. The smallest absolute Gasteiger partial charge is 0.378 e. The van der Waals surface area contributed by atoms with Crippen molar-refractivity contribution in [2.45, 2.75) is 32.6 Å². The highest BCUT2D eigenvalue weighted by molar-refractivity contribution is 5.84. The molecule has 1 heterocycles. The minimum atomic E-state index is -0.481. The average molecular weight is 238 g/mol. The number of carbonyl (C=O) groups excluding carboxylic acids is 1. The number of nitrogens with one attached hydrogen (secondary N) is 1. The van der Waals surface area contributed by atoms with E-state index < -0.39 is 5.97 Å². The van der Waals surface area contributed by atoms with E-state index >= 15 is 0 Å². The summed E-state index contributed by atoms with van der Waals surface area (Å²) in [6.07, 6.45) is 4.23. The Balaban J connectivity index is 2.01.